The van der Waals surface area contributed by atoms with Crippen LogP contribution in [-0.2, 0) is 0 Å². The molecule has 0 saturated heterocycles. The molecule has 9 heavy (non-hydrogen) atoms. The van der Waals surface area contributed by atoms with Crippen molar-refractivity contribution in [1.82, 2.24) is 0 Å². The summed E-state index contributed by atoms with van der Waals surface area (Å²) in [5.41, 5.74) is 0.799. The number of aliphatic hydroxyl groups excluding tert-OH is 1. The van der Waals surface area contributed by atoms with Crippen molar-refractivity contribution < 1.29 is 5.11 Å². The lowest BCUT2D eigenvalue weighted by Crippen LogP contribution is -1.77. The molecule has 0 aliphatic carbocycles. The van der Waals surface area contributed by atoms with Gasteiger partial charge in [0.25, 0.3) is 0 Å². The van der Waals surface area contributed by atoms with E-state index in [1.165, 1.54) is 0 Å². The van der Waals surface area contributed by atoms with Gasteiger partial charge in [0.2, 0.25) is 0 Å². The minimum absolute atomic E-state index is 0.133. The second-order valence-electron chi connectivity index (χ2n) is 1.82. The van der Waals surface area contributed by atoms with Crippen LogP contribution in [0.3, 0.4) is 0 Å². The molecule has 0 fully saturated rings. The van der Waals surface area contributed by atoms with Gasteiger partial charge in [-0.3, -0.25) is 0 Å². The Morgan fingerprint density at radius 3 is 2.44 bits per heavy atom. The standard InChI is InChI=1S/C8H12O/c1-4-5-6-7(2)8(3)9/h4-6,9H,3H2,1-2H3/b5-4-,7-6-. The SMILES string of the molecule is C=C(O)/C(C)=C\C=C/C. The van der Waals surface area contributed by atoms with Crippen LogP contribution in [-0.4, -0.2) is 5.11 Å². The zero-order valence-electron chi connectivity index (χ0n) is 5.89. The summed E-state index contributed by atoms with van der Waals surface area (Å²) in [5.74, 6) is 0.133. The lowest BCUT2D eigenvalue weighted by atomic mass is 10.2. The van der Waals surface area contributed by atoms with Crippen LogP contribution in [0.2, 0.25) is 0 Å². The molecule has 1 nitrogen and oxygen atoms in total. The number of allylic oxidation sites excluding steroid dienone is 4. The topological polar surface area (TPSA) is 20.2 Å². The maximum absolute atomic E-state index is 8.75. The number of hydrogen-bond donors (Lipinski definition) is 1. The van der Waals surface area contributed by atoms with E-state index in [-0.39, 0.29) is 5.76 Å². The number of rotatable bonds is 2. The average Bonchev–Trinajstić information content (AvgIpc) is 1.82. The van der Waals surface area contributed by atoms with Crippen LogP contribution in [0.4, 0.5) is 0 Å². The Morgan fingerprint density at radius 2 is 2.11 bits per heavy atom. The molecule has 0 saturated carbocycles. The predicted octanol–water partition coefficient (Wildman–Crippen LogP) is 2.58. The molecule has 0 atom stereocenters. The Morgan fingerprint density at radius 1 is 1.56 bits per heavy atom. The van der Waals surface area contributed by atoms with E-state index < -0.39 is 0 Å². The van der Waals surface area contributed by atoms with Crippen LogP contribution in [0.5, 0.6) is 0 Å². The third-order valence-corrected chi connectivity index (χ3v) is 0.994. The minimum Gasteiger partial charge on any atom is -0.508 e. The summed E-state index contributed by atoms with van der Waals surface area (Å²) in [6.07, 6.45) is 5.56. The van der Waals surface area contributed by atoms with E-state index in [9.17, 15) is 0 Å². The Kier molecular flexibility index (Phi) is 3.52. The third-order valence-electron chi connectivity index (χ3n) is 0.994. The molecule has 0 unspecified atom stereocenters. The summed E-state index contributed by atoms with van der Waals surface area (Å²) in [4.78, 5) is 0. The Labute approximate surface area is 56.0 Å². The second-order valence-corrected chi connectivity index (χ2v) is 1.82. The molecule has 0 heterocycles. The van der Waals surface area contributed by atoms with Gasteiger partial charge in [0, 0.05) is 0 Å². The van der Waals surface area contributed by atoms with Crippen LogP contribution in [0, 0.1) is 0 Å². The van der Waals surface area contributed by atoms with Gasteiger partial charge in [-0.05, 0) is 19.4 Å². The first-order valence-corrected chi connectivity index (χ1v) is 2.86. The van der Waals surface area contributed by atoms with Gasteiger partial charge in [-0.25, -0.2) is 0 Å². The molecule has 1 heteroatoms. The molecule has 50 valence electrons. The summed E-state index contributed by atoms with van der Waals surface area (Å²) in [5, 5.41) is 8.75. The van der Waals surface area contributed by atoms with Crippen molar-refractivity contribution in [3.05, 3.63) is 36.1 Å². The highest BCUT2D eigenvalue weighted by atomic mass is 16.3. The normalized spacial score (nSPS) is 12.4. The highest BCUT2D eigenvalue weighted by molar-refractivity contribution is 5.23. The van der Waals surface area contributed by atoms with E-state index in [0.29, 0.717) is 0 Å². The van der Waals surface area contributed by atoms with Crippen molar-refractivity contribution in [2.45, 2.75) is 13.8 Å². The molecule has 0 aromatic carbocycles. The first-order chi connectivity index (χ1) is 4.18. The maximum Gasteiger partial charge on any atom is 0.111 e. The summed E-state index contributed by atoms with van der Waals surface area (Å²) in [7, 11) is 0. The molecule has 0 rings (SSSR count). The Balaban J connectivity index is 4.00. The van der Waals surface area contributed by atoms with Gasteiger partial charge in [-0.15, -0.1) is 0 Å². The first kappa shape index (κ1) is 8.02. The zero-order valence-corrected chi connectivity index (χ0v) is 5.89. The molecular weight excluding hydrogens is 112 g/mol. The van der Waals surface area contributed by atoms with Crippen LogP contribution >= 0.6 is 0 Å². The van der Waals surface area contributed by atoms with Crippen LogP contribution in [0.1, 0.15) is 13.8 Å². The lowest BCUT2D eigenvalue weighted by Gasteiger charge is -1.92. The van der Waals surface area contributed by atoms with E-state index in [1.54, 1.807) is 0 Å². The van der Waals surface area contributed by atoms with Gasteiger partial charge in [-0.2, -0.15) is 0 Å². The van der Waals surface area contributed by atoms with Crippen LogP contribution in [0.15, 0.2) is 36.1 Å². The highest BCUT2D eigenvalue weighted by Crippen LogP contribution is 2.01. The van der Waals surface area contributed by atoms with Gasteiger partial charge in [0.1, 0.15) is 5.76 Å². The van der Waals surface area contributed by atoms with Crippen molar-refractivity contribution in [1.29, 1.82) is 0 Å². The first-order valence-electron chi connectivity index (χ1n) is 2.86. The fourth-order valence-electron chi connectivity index (χ4n) is 0.337. The van der Waals surface area contributed by atoms with E-state index >= 15 is 0 Å². The molecule has 0 spiro atoms. The van der Waals surface area contributed by atoms with Gasteiger partial charge in [0.15, 0.2) is 0 Å². The monoisotopic (exact) mass is 124 g/mol. The molecule has 0 amide bonds. The van der Waals surface area contributed by atoms with E-state index in [2.05, 4.69) is 6.58 Å². The van der Waals surface area contributed by atoms with Gasteiger partial charge in [-0.1, -0.05) is 24.8 Å². The van der Waals surface area contributed by atoms with Crippen LogP contribution < -0.4 is 0 Å². The maximum atomic E-state index is 8.75. The molecule has 0 aromatic rings. The summed E-state index contributed by atoms with van der Waals surface area (Å²) >= 11 is 0. The van der Waals surface area contributed by atoms with Gasteiger partial charge in [0.05, 0.1) is 0 Å². The van der Waals surface area contributed by atoms with E-state index in [0.717, 1.165) is 5.57 Å². The van der Waals surface area contributed by atoms with Crippen LogP contribution in [0.25, 0.3) is 0 Å². The molecule has 0 aliphatic heterocycles. The Hall–Kier alpha value is -0.980. The van der Waals surface area contributed by atoms with Crippen molar-refractivity contribution in [2.75, 3.05) is 0 Å². The molecular formula is C8H12O. The third kappa shape index (κ3) is 3.59. The smallest absolute Gasteiger partial charge is 0.111 e. The fourth-order valence-corrected chi connectivity index (χ4v) is 0.337. The lowest BCUT2D eigenvalue weighted by molar-refractivity contribution is 0.426. The summed E-state index contributed by atoms with van der Waals surface area (Å²) in [6.45, 7) is 7.09. The minimum atomic E-state index is 0.133. The predicted molar refractivity (Wildman–Crippen MR) is 40.3 cm³/mol. The number of aliphatic hydroxyl groups is 1. The zero-order chi connectivity index (χ0) is 7.28. The summed E-state index contributed by atoms with van der Waals surface area (Å²) in [6, 6.07) is 0. The molecule has 0 radical (unpaired) electrons. The van der Waals surface area contributed by atoms with Crippen molar-refractivity contribution >= 4 is 0 Å². The summed E-state index contributed by atoms with van der Waals surface area (Å²) < 4.78 is 0. The molecule has 1 N–H and O–H groups in total. The van der Waals surface area contributed by atoms with Gasteiger partial charge < -0.3 is 5.11 Å². The highest BCUT2D eigenvalue weighted by Gasteiger charge is 1.86. The second kappa shape index (κ2) is 3.96. The molecule has 0 aromatic heterocycles. The number of hydrogen-bond acceptors (Lipinski definition) is 1. The van der Waals surface area contributed by atoms with Crippen molar-refractivity contribution in [3.8, 4) is 0 Å². The molecule has 0 bridgehead atoms. The quantitative estimate of drug-likeness (QED) is 0.443. The average molecular weight is 124 g/mol. The van der Waals surface area contributed by atoms with Crippen molar-refractivity contribution in [3.63, 3.8) is 0 Å². The van der Waals surface area contributed by atoms with Crippen molar-refractivity contribution in [2.24, 2.45) is 0 Å². The largest absolute Gasteiger partial charge is 0.508 e. The van der Waals surface area contributed by atoms with Gasteiger partial charge >= 0.3 is 0 Å². The Bertz CT molecular complexity index is 152. The fraction of sp³-hybridized carbons (Fsp3) is 0.250. The molecule has 0 aliphatic rings. The van der Waals surface area contributed by atoms with E-state index in [4.69, 9.17) is 5.11 Å². The van der Waals surface area contributed by atoms with E-state index in [1.807, 2.05) is 32.1 Å².